The number of aromatic nitrogens is 2. The number of ether oxygens (including phenoxy) is 2. The van der Waals surface area contributed by atoms with Gasteiger partial charge in [0.2, 0.25) is 11.8 Å². The molecule has 27 heavy (non-hydrogen) atoms. The summed E-state index contributed by atoms with van der Waals surface area (Å²) in [5.74, 6) is 0.906. The normalized spacial score (nSPS) is 20.5. The Morgan fingerprint density at radius 1 is 1.22 bits per heavy atom. The van der Waals surface area contributed by atoms with Gasteiger partial charge in [0.1, 0.15) is 6.33 Å². The van der Waals surface area contributed by atoms with E-state index in [4.69, 9.17) is 9.47 Å². The van der Waals surface area contributed by atoms with Crippen LogP contribution in [-0.4, -0.2) is 66.3 Å². The summed E-state index contributed by atoms with van der Waals surface area (Å²) in [6.45, 7) is 8.38. The fourth-order valence-electron chi connectivity index (χ4n) is 3.71. The van der Waals surface area contributed by atoms with Crippen LogP contribution in [0.25, 0.3) is 10.9 Å². The topological polar surface area (TPSA) is 67.8 Å². The third-order valence-electron chi connectivity index (χ3n) is 5.17. The van der Waals surface area contributed by atoms with E-state index in [1.165, 1.54) is 6.33 Å². The number of fused-ring (bicyclic) bond motifs is 1. The van der Waals surface area contributed by atoms with Gasteiger partial charge in [-0.25, -0.2) is 9.97 Å². The first-order valence-corrected chi connectivity index (χ1v) is 9.64. The first-order valence-electron chi connectivity index (χ1n) is 9.64. The molecule has 1 aromatic carbocycles. The predicted molar refractivity (Wildman–Crippen MR) is 103 cm³/mol. The summed E-state index contributed by atoms with van der Waals surface area (Å²) in [5.41, 5.74) is 1.99. The van der Waals surface area contributed by atoms with Crippen molar-refractivity contribution >= 4 is 22.5 Å². The minimum absolute atomic E-state index is 0.0464. The van der Waals surface area contributed by atoms with E-state index in [1.54, 1.807) is 0 Å². The summed E-state index contributed by atoms with van der Waals surface area (Å²) in [5, 5.41) is 0.922. The Morgan fingerprint density at radius 3 is 2.74 bits per heavy atom. The lowest BCUT2D eigenvalue weighted by atomic mass is 10.1. The number of anilines is 1. The molecular weight excluding hydrogens is 344 g/mol. The van der Waals surface area contributed by atoms with Crippen LogP contribution in [0.4, 0.5) is 5.69 Å². The number of hydrogen-bond acceptors (Lipinski definition) is 6. The van der Waals surface area contributed by atoms with Gasteiger partial charge in [-0.2, -0.15) is 0 Å². The molecule has 1 amide bonds. The van der Waals surface area contributed by atoms with Gasteiger partial charge in [-0.15, -0.1) is 0 Å². The van der Waals surface area contributed by atoms with Crippen LogP contribution in [0.3, 0.4) is 0 Å². The number of piperazine rings is 1. The highest BCUT2D eigenvalue weighted by molar-refractivity contribution is 5.87. The van der Waals surface area contributed by atoms with E-state index in [0.29, 0.717) is 19.1 Å². The van der Waals surface area contributed by atoms with Gasteiger partial charge >= 0.3 is 0 Å². The van der Waals surface area contributed by atoms with Crippen LogP contribution in [0.5, 0.6) is 5.88 Å². The van der Waals surface area contributed by atoms with Gasteiger partial charge in [0.05, 0.1) is 29.5 Å². The molecule has 4 rings (SSSR count). The molecule has 1 unspecified atom stereocenters. The number of amides is 1. The molecule has 3 heterocycles. The zero-order valence-electron chi connectivity index (χ0n) is 15.9. The minimum Gasteiger partial charge on any atom is -0.474 e. The first kappa shape index (κ1) is 18.0. The monoisotopic (exact) mass is 370 g/mol. The van der Waals surface area contributed by atoms with Crippen molar-refractivity contribution < 1.29 is 14.3 Å². The van der Waals surface area contributed by atoms with E-state index in [-0.39, 0.29) is 17.9 Å². The maximum Gasteiger partial charge on any atom is 0.228 e. The number of carbonyl (C=O) groups is 1. The highest BCUT2D eigenvalue weighted by Crippen LogP contribution is 2.28. The van der Waals surface area contributed by atoms with Crippen LogP contribution in [0, 0.1) is 5.92 Å². The predicted octanol–water partition coefficient (Wildman–Crippen LogP) is 2.10. The lowest BCUT2D eigenvalue weighted by Crippen LogP contribution is -2.50. The fourth-order valence-corrected chi connectivity index (χ4v) is 3.71. The second-order valence-corrected chi connectivity index (χ2v) is 7.42. The zero-order valence-corrected chi connectivity index (χ0v) is 15.9. The molecule has 144 valence electrons. The number of benzene rings is 1. The molecule has 2 aliphatic heterocycles. The average Bonchev–Trinajstić information content (AvgIpc) is 3.22. The van der Waals surface area contributed by atoms with Gasteiger partial charge in [0.25, 0.3) is 0 Å². The number of nitrogens with zero attached hydrogens (tertiary/aromatic N) is 4. The van der Waals surface area contributed by atoms with Crippen LogP contribution in [0.15, 0.2) is 24.5 Å². The summed E-state index contributed by atoms with van der Waals surface area (Å²) in [7, 11) is 0. The van der Waals surface area contributed by atoms with Crippen molar-refractivity contribution in [3.63, 3.8) is 0 Å². The van der Waals surface area contributed by atoms with Crippen molar-refractivity contribution in [2.45, 2.75) is 26.4 Å². The van der Waals surface area contributed by atoms with Crippen molar-refractivity contribution in [3.05, 3.63) is 24.5 Å². The average molecular weight is 370 g/mol. The summed E-state index contributed by atoms with van der Waals surface area (Å²) >= 11 is 0. The highest BCUT2D eigenvalue weighted by Gasteiger charge is 2.30. The molecule has 2 aliphatic rings. The van der Waals surface area contributed by atoms with E-state index < -0.39 is 0 Å². The Hall–Kier alpha value is -2.41. The molecule has 0 bridgehead atoms. The molecule has 7 heteroatoms. The molecule has 0 N–H and O–H groups in total. The van der Waals surface area contributed by atoms with Crippen molar-refractivity contribution in [2.24, 2.45) is 5.92 Å². The Labute approximate surface area is 159 Å². The Kier molecular flexibility index (Phi) is 5.11. The lowest BCUT2D eigenvalue weighted by molar-refractivity contribution is -0.135. The summed E-state index contributed by atoms with van der Waals surface area (Å²) in [6, 6.07) is 6.18. The molecule has 0 saturated carbocycles. The summed E-state index contributed by atoms with van der Waals surface area (Å²) in [4.78, 5) is 25.5. The number of rotatable bonds is 4. The van der Waals surface area contributed by atoms with Gasteiger partial charge in [-0.3, -0.25) is 4.79 Å². The molecule has 0 aliphatic carbocycles. The van der Waals surface area contributed by atoms with E-state index in [2.05, 4.69) is 27.0 Å². The summed E-state index contributed by atoms with van der Waals surface area (Å²) < 4.78 is 11.2. The van der Waals surface area contributed by atoms with Gasteiger partial charge in [0, 0.05) is 38.5 Å². The van der Waals surface area contributed by atoms with Crippen molar-refractivity contribution in [1.29, 1.82) is 0 Å². The largest absolute Gasteiger partial charge is 0.474 e. The smallest absolute Gasteiger partial charge is 0.228 e. The quantitative estimate of drug-likeness (QED) is 0.821. The molecule has 2 aromatic rings. The molecule has 2 saturated heterocycles. The van der Waals surface area contributed by atoms with Gasteiger partial charge in [-0.05, 0) is 38.5 Å². The molecule has 0 radical (unpaired) electrons. The molecule has 1 atom stereocenters. The van der Waals surface area contributed by atoms with E-state index >= 15 is 0 Å². The van der Waals surface area contributed by atoms with Crippen LogP contribution in [-0.2, 0) is 9.53 Å². The third kappa shape index (κ3) is 3.83. The van der Waals surface area contributed by atoms with Crippen molar-refractivity contribution in [1.82, 2.24) is 14.9 Å². The maximum atomic E-state index is 12.6. The molecule has 0 spiro atoms. The maximum absolute atomic E-state index is 12.6. The Balaban J connectivity index is 1.47. The minimum atomic E-state index is 0.0464. The fraction of sp³-hybridized carbons (Fsp3) is 0.550. The van der Waals surface area contributed by atoms with Crippen LogP contribution in [0.2, 0.25) is 0 Å². The molecular formula is C20H26N4O3. The third-order valence-corrected chi connectivity index (χ3v) is 5.17. The lowest BCUT2D eigenvalue weighted by Gasteiger charge is -2.37. The van der Waals surface area contributed by atoms with Gasteiger partial charge in [0.15, 0.2) is 0 Å². The molecule has 2 fully saturated rings. The molecule has 1 aromatic heterocycles. The van der Waals surface area contributed by atoms with Crippen molar-refractivity contribution in [3.8, 4) is 5.88 Å². The first-order chi connectivity index (χ1) is 13.1. The Morgan fingerprint density at radius 2 is 2.04 bits per heavy atom. The highest BCUT2D eigenvalue weighted by atomic mass is 16.5. The standard InChI is InChI=1S/C20H26N4O3/c1-14(2)27-19-17-11-16(3-4-18(17)21-13-22-19)23-6-8-24(9-7-23)20(25)15-5-10-26-12-15/h3-4,11,13-15H,5-10,12H2,1-2H3. The van der Waals surface area contributed by atoms with Crippen LogP contribution >= 0.6 is 0 Å². The Bertz CT molecular complexity index is 812. The van der Waals surface area contributed by atoms with E-state index in [0.717, 1.165) is 49.2 Å². The van der Waals surface area contributed by atoms with E-state index in [9.17, 15) is 4.79 Å². The number of hydrogen-bond donors (Lipinski definition) is 0. The SMILES string of the molecule is CC(C)Oc1ncnc2ccc(N3CCN(C(=O)C4CCOC4)CC3)cc12. The second kappa shape index (κ2) is 7.68. The van der Waals surface area contributed by atoms with Crippen molar-refractivity contribution in [2.75, 3.05) is 44.3 Å². The van der Waals surface area contributed by atoms with Gasteiger partial charge in [-0.1, -0.05) is 0 Å². The second-order valence-electron chi connectivity index (χ2n) is 7.42. The van der Waals surface area contributed by atoms with Crippen LogP contribution < -0.4 is 9.64 Å². The summed E-state index contributed by atoms with van der Waals surface area (Å²) in [6.07, 6.45) is 2.44. The zero-order chi connectivity index (χ0) is 18.8. The number of carbonyl (C=O) groups excluding carboxylic acids is 1. The van der Waals surface area contributed by atoms with Crippen LogP contribution in [0.1, 0.15) is 20.3 Å². The van der Waals surface area contributed by atoms with E-state index in [1.807, 2.05) is 24.8 Å². The molecule has 7 nitrogen and oxygen atoms in total. The van der Waals surface area contributed by atoms with Gasteiger partial charge < -0.3 is 19.3 Å².